The molecule has 0 fully saturated rings. The normalized spacial score (nSPS) is 10.2. The third-order valence-corrected chi connectivity index (χ3v) is 4.62. The smallest absolute Gasteiger partial charge is 0.348 e. The Bertz CT molecular complexity index is 656. The van der Waals surface area contributed by atoms with E-state index in [0.29, 0.717) is 11.3 Å². The van der Waals surface area contributed by atoms with E-state index in [0.717, 1.165) is 19.4 Å². The van der Waals surface area contributed by atoms with Gasteiger partial charge in [0.1, 0.15) is 4.88 Å². The minimum atomic E-state index is -1.05. The van der Waals surface area contributed by atoms with Crippen molar-refractivity contribution in [1.29, 1.82) is 0 Å². The molecule has 0 radical (unpaired) electrons. The highest BCUT2D eigenvalue weighted by atomic mass is 127. The predicted octanol–water partition coefficient (Wildman–Crippen LogP) is 4.07. The number of thiophene rings is 1. The van der Waals surface area contributed by atoms with Crippen LogP contribution >= 0.6 is 49.9 Å². The number of rotatable bonds is 3. The standard InChI is InChI=1S/C12H7BrINO3S/c13-6-1-2-8(14)7(5-6)11(16)15-9-3-4-19-10(9)12(17)18/h1-5H,(H,15,16)(H,17,18). The third kappa shape index (κ3) is 3.34. The van der Waals surface area contributed by atoms with Crippen LogP contribution in [0.1, 0.15) is 20.0 Å². The number of aromatic carboxylic acids is 1. The SMILES string of the molecule is O=C(Nc1ccsc1C(=O)O)c1cc(Br)ccc1I. The number of hydrogen-bond acceptors (Lipinski definition) is 3. The highest BCUT2D eigenvalue weighted by molar-refractivity contribution is 14.1. The van der Waals surface area contributed by atoms with Gasteiger partial charge in [0.25, 0.3) is 5.91 Å². The summed E-state index contributed by atoms with van der Waals surface area (Å²) < 4.78 is 1.59. The molecule has 0 aliphatic heterocycles. The van der Waals surface area contributed by atoms with Crippen LogP contribution < -0.4 is 5.32 Å². The van der Waals surface area contributed by atoms with Gasteiger partial charge >= 0.3 is 5.97 Å². The van der Waals surface area contributed by atoms with Crippen molar-refractivity contribution in [2.24, 2.45) is 0 Å². The Balaban J connectivity index is 2.28. The molecule has 0 unspecified atom stereocenters. The maximum atomic E-state index is 12.1. The average Bonchev–Trinajstić information content (AvgIpc) is 2.80. The molecule has 1 aromatic heterocycles. The van der Waals surface area contributed by atoms with Crippen molar-refractivity contribution in [2.75, 3.05) is 5.32 Å². The first-order valence-electron chi connectivity index (χ1n) is 5.06. The molecular formula is C12H7BrINO3S. The Morgan fingerprint density at radius 3 is 2.74 bits per heavy atom. The largest absolute Gasteiger partial charge is 0.477 e. The molecule has 2 aromatic rings. The topological polar surface area (TPSA) is 66.4 Å². The number of carbonyl (C=O) groups excluding carboxylic acids is 1. The van der Waals surface area contributed by atoms with Gasteiger partial charge in [-0.15, -0.1) is 11.3 Å². The van der Waals surface area contributed by atoms with Crippen molar-refractivity contribution >= 4 is 67.4 Å². The van der Waals surface area contributed by atoms with Crippen LogP contribution in [0.2, 0.25) is 0 Å². The Hall–Kier alpha value is -0.930. The van der Waals surface area contributed by atoms with Crippen molar-refractivity contribution in [3.8, 4) is 0 Å². The van der Waals surface area contributed by atoms with Crippen LogP contribution in [-0.2, 0) is 0 Å². The lowest BCUT2D eigenvalue weighted by molar-refractivity contribution is 0.0703. The number of anilines is 1. The molecule has 0 spiro atoms. The van der Waals surface area contributed by atoms with E-state index >= 15 is 0 Å². The summed E-state index contributed by atoms with van der Waals surface area (Å²) in [6.07, 6.45) is 0. The summed E-state index contributed by atoms with van der Waals surface area (Å²) in [5, 5.41) is 13.2. The third-order valence-electron chi connectivity index (χ3n) is 2.28. The highest BCUT2D eigenvalue weighted by Crippen LogP contribution is 2.24. The number of benzene rings is 1. The second kappa shape index (κ2) is 6.02. The molecule has 1 amide bonds. The van der Waals surface area contributed by atoms with E-state index in [4.69, 9.17) is 5.11 Å². The van der Waals surface area contributed by atoms with Crippen LogP contribution in [0.25, 0.3) is 0 Å². The molecule has 4 nitrogen and oxygen atoms in total. The van der Waals surface area contributed by atoms with E-state index < -0.39 is 5.97 Å². The first kappa shape index (κ1) is 14.5. The Morgan fingerprint density at radius 1 is 1.32 bits per heavy atom. The molecule has 0 atom stereocenters. The van der Waals surface area contributed by atoms with E-state index in [1.54, 1.807) is 17.5 Å². The molecule has 19 heavy (non-hydrogen) atoms. The Morgan fingerprint density at radius 2 is 2.05 bits per heavy atom. The van der Waals surface area contributed by atoms with Crippen LogP contribution in [0.15, 0.2) is 34.1 Å². The molecule has 0 saturated heterocycles. The fraction of sp³-hybridized carbons (Fsp3) is 0. The molecule has 7 heteroatoms. The molecule has 0 saturated carbocycles. The van der Waals surface area contributed by atoms with Crippen molar-refractivity contribution in [3.05, 3.63) is 48.1 Å². The summed E-state index contributed by atoms with van der Waals surface area (Å²) >= 11 is 6.44. The van der Waals surface area contributed by atoms with Gasteiger partial charge in [-0.25, -0.2) is 4.79 Å². The molecule has 0 bridgehead atoms. The quantitative estimate of drug-likeness (QED) is 0.691. The number of carbonyl (C=O) groups is 2. The minimum absolute atomic E-state index is 0.123. The monoisotopic (exact) mass is 451 g/mol. The highest BCUT2D eigenvalue weighted by Gasteiger charge is 2.16. The average molecular weight is 452 g/mol. The zero-order chi connectivity index (χ0) is 14.0. The van der Waals surface area contributed by atoms with Crippen molar-refractivity contribution in [3.63, 3.8) is 0 Å². The summed E-state index contributed by atoms with van der Waals surface area (Å²) in [5.74, 6) is -1.37. The van der Waals surface area contributed by atoms with Gasteiger partial charge in [0.05, 0.1) is 11.3 Å². The summed E-state index contributed by atoms with van der Waals surface area (Å²) in [4.78, 5) is 23.2. The Kier molecular flexibility index (Phi) is 4.58. The number of halogens is 2. The minimum Gasteiger partial charge on any atom is -0.477 e. The van der Waals surface area contributed by atoms with Crippen LogP contribution in [0.4, 0.5) is 5.69 Å². The van der Waals surface area contributed by atoms with Gasteiger partial charge in [-0.05, 0) is 52.2 Å². The second-order valence-electron chi connectivity index (χ2n) is 3.55. The van der Waals surface area contributed by atoms with Crippen LogP contribution in [0.3, 0.4) is 0 Å². The van der Waals surface area contributed by atoms with Gasteiger partial charge in [0.15, 0.2) is 0 Å². The lowest BCUT2D eigenvalue weighted by atomic mass is 10.2. The molecule has 98 valence electrons. The summed E-state index contributed by atoms with van der Waals surface area (Å²) in [6.45, 7) is 0. The summed E-state index contributed by atoms with van der Waals surface area (Å²) in [6, 6.07) is 6.93. The predicted molar refractivity (Wildman–Crippen MR) is 86.1 cm³/mol. The molecular weight excluding hydrogens is 445 g/mol. The first-order valence-corrected chi connectivity index (χ1v) is 7.81. The molecule has 0 aliphatic rings. The first-order chi connectivity index (χ1) is 8.99. The second-order valence-corrected chi connectivity index (χ2v) is 6.54. The van der Waals surface area contributed by atoms with Crippen LogP contribution in [0, 0.1) is 3.57 Å². The van der Waals surface area contributed by atoms with Gasteiger partial charge in [-0.2, -0.15) is 0 Å². The molecule has 2 rings (SSSR count). The van der Waals surface area contributed by atoms with E-state index in [1.807, 2.05) is 12.1 Å². The van der Waals surface area contributed by atoms with Gasteiger partial charge < -0.3 is 10.4 Å². The number of hydrogen-bond donors (Lipinski definition) is 2. The van der Waals surface area contributed by atoms with E-state index in [9.17, 15) is 9.59 Å². The fourth-order valence-electron chi connectivity index (χ4n) is 1.43. The van der Waals surface area contributed by atoms with E-state index in [1.165, 1.54) is 0 Å². The van der Waals surface area contributed by atoms with Crippen molar-refractivity contribution < 1.29 is 14.7 Å². The fourth-order valence-corrected chi connectivity index (χ4v) is 3.06. The van der Waals surface area contributed by atoms with Gasteiger partial charge in [-0.3, -0.25) is 4.79 Å². The summed E-state index contributed by atoms with van der Waals surface area (Å²) in [7, 11) is 0. The van der Waals surface area contributed by atoms with Crippen molar-refractivity contribution in [2.45, 2.75) is 0 Å². The molecule has 1 heterocycles. The van der Waals surface area contributed by atoms with E-state index in [2.05, 4.69) is 43.8 Å². The lowest BCUT2D eigenvalue weighted by Crippen LogP contribution is -2.14. The molecule has 2 N–H and O–H groups in total. The van der Waals surface area contributed by atoms with Gasteiger partial charge in [0, 0.05) is 8.04 Å². The van der Waals surface area contributed by atoms with Crippen LogP contribution in [-0.4, -0.2) is 17.0 Å². The number of amides is 1. The number of carboxylic acids is 1. The number of carboxylic acid groups (broad SMARTS) is 1. The maximum Gasteiger partial charge on any atom is 0.348 e. The summed E-state index contributed by atoms with van der Waals surface area (Å²) in [5.41, 5.74) is 0.816. The zero-order valence-corrected chi connectivity index (χ0v) is 13.9. The molecule has 0 aliphatic carbocycles. The van der Waals surface area contributed by atoms with Gasteiger partial charge in [0.2, 0.25) is 0 Å². The van der Waals surface area contributed by atoms with Gasteiger partial charge in [-0.1, -0.05) is 15.9 Å². The lowest BCUT2D eigenvalue weighted by Gasteiger charge is -2.07. The zero-order valence-electron chi connectivity index (χ0n) is 9.31. The molecule has 1 aromatic carbocycles. The number of nitrogens with one attached hydrogen (secondary N) is 1. The Labute approximate surface area is 135 Å². The maximum absolute atomic E-state index is 12.1. The van der Waals surface area contributed by atoms with E-state index in [-0.39, 0.29) is 10.8 Å². The van der Waals surface area contributed by atoms with Crippen molar-refractivity contribution in [1.82, 2.24) is 0 Å². The van der Waals surface area contributed by atoms with Crippen LogP contribution in [0.5, 0.6) is 0 Å².